The van der Waals surface area contributed by atoms with Crippen LogP contribution in [0.4, 0.5) is 0 Å². The maximum Gasteiger partial charge on any atom is 0.341 e. The molecule has 166 valence electrons. The number of esters is 1. The lowest BCUT2D eigenvalue weighted by Crippen LogP contribution is -2.50. The summed E-state index contributed by atoms with van der Waals surface area (Å²) in [5.41, 5.74) is 1.08. The highest BCUT2D eigenvalue weighted by Crippen LogP contribution is 2.36. The molecule has 0 aromatic carbocycles. The van der Waals surface area contributed by atoms with Gasteiger partial charge in [0.1, 0.15) is 17.3 Å². The first kappa shape index (κ1) is 20.2. The number of nitrogens with one attached hydrogen (secondary N) is 1. The third-order valence-electron chi connectivity index (χ3n) is 6.58. The summed E-state index contributed by atoms with van der Waals surface area (Å²) in [5.74, 6) is -0.432. The number of H-pyrrole nitrogens is 1. The van der Waals surface area contributed by atoms with Gasteiger partial charge in [-0.05, 0) is 25.3 Å². The SMILES string of the molecule is COC(=O)c1cn(C(C)C(=O)N2C[C@H]3C[C@@H](C2)c2cccc(=O)n2C3)cc2c(=O)[nH]nc1-2. The number of aromatic amines is 1. The van der Waals surface area contributed by atoms with Crippen LogP contribution < -0.4 is 11.1 Å². The van der Waals surface area contributed by atoms with Crippen LogP contribution in [0.1, 0.15) is 41.4 Å². The highest BCUT2D eigenvalue weighted by molar-refractivity contribution is 5.96. The minimum Gasteiger partial charge on any atom is -0.465 e. The Morgan fingerprint density at radius 1 is 1.19 bits per heavy atom. The smallest absolute Gasteiger partial charge is 0.341 e. The number of hydrogen-bond acceptors (Lipinski definition) is 6. The van der Waals surface area contributed by atoms with Crippen molar-refractivity contribution in [3.8, 4) is 11.3 Å². The molecule has 1 fully saturated rings. The summed E-state index contributed by atoms with van der Waals surface area (Å²) in [4.78, 5) is 51.9. The van der Waals surface area contributed by atoms with E-state index in [0.29, 0.717) is 19.6 Å². The maximum absolute atomic E-state index is 13.4. The molecule has 1 amide bonds. The number of ether oxygens (including phenoxy) is 1. The minimum atomic E-state index is -0.645. The lowest BCUT2D eigenvalue weighted by molar-refractivity contribution is -0.137. The Morgan fingerprint density at radius 2 is 2.00 bits per heavy atom. The van der Waals surface area contributed by atoms with E-state index in [9.17, 15) is 19.2 Å². The van der Waals surface area contributed by atoms with Crippen molar-refractivity contribution in [2.24, 2.45) is 5.92 Å². The number of nitrogens with zero attached hydrogens (tertiary/aromatic N) is 4. The van der Waals surface area contributed by atoms with Gasteiger partial charge < -0.3 is 18.8 Å². The van der Waals surface area contributed by atoms with Crippen molar-refractivity contribution in [3.05, 3.63) is 62.6 Å². The van der Waals surface area contributed by atoms with Crippen molar-refractivity contribution in [2.45, 2.75) is 31.8 Å². The number of carbonyl (C=O) groups excluding carboxylic acids is 2. The molecule has 10 nitrogen and oxygen atoms in total. The molecule has 32 heavy (non-hydrogen) atoms. The Bertz CT molecular complexity index is 1300. The zero-order valence-electron chi connectivity index (χ0n) is 17.8. The normalized spacial score (nSPS) is 20.6. The molecule has 3 atom stereocenters. The number of pyridine rings is 2. The molecule has 1 saturated heterocycles. The van der Waals surface area contributed by atoms with Crippen LogP contribution >= 0.6 is 0 Å². The summed E-state index contributed by atoms with van der Waals surface area (Å²) in [6.45, 7) is 3.42. The average molecular weight is 437 g/mol. The molecule has 10 heteroatoms. The zero-order chi connectivity index (χ0) is 22.6. The quantitative estimate of drug-likeness (QED) is 0.606. The molecule has 5 heterocycles. The van der Waals surface area contributed by atoms with Gasteiger partial charge in [-0.2, -0.15) is 5.10 Å². The zero-order valence-corrected chi connectivity index (χ0v) is 17.8. The number of piperidine rings is 1. The first-order valence-corrected chi connectivity index (χ1v) is 10.5. The van der Waals surface area contributed by atoms with E-state index in [-0.39, 0.29) is 40.1 Å². The topological polar surface area (TPSA) is 119 Å². The molecular weight excluding hydrogens is 414 g/mol. The van der Waals surface area contributed by atoms with Crippen molar-refractivity contribution in [1.82, 2.24) is 24.2 Å². The maximum atomic E-state index is 13.4. The molecule has 0 radical (unpaired) electrons. The van der Waals surface area contributed by atoms with E-state index < -0.39 is 17.6 Å². The molecule has 5 rings (SSSR count). The van der Waals surface area contributed by atoms with Crippen LogP contribution in [-0.4, -0.2) is 56.3 Å². The Labute approximate surface area is 182 Å². The summed E-state index contributed by atoms with van der Waals surface area (Å²) in [5, 5.41) is 6.26. The molecular formula is C22H23N5O5. The number of hydrogen-bond donors (Lipinski definition) is 1. The third kappa shape index (κ3) is 3.14. The second kappa shape index (κ2) is 7.47. The van der Waals surface area contributed by atoms with Gasteiger partial charge in [0.15, 0.2) is 0 Å². The predicted octanol–water partition coefficient (Wildman–Crippen LogP) is 0.831. The predicted molar refractivity (Wildman–Crippen MR) is 114 cm³/mol. The molecule has 0 spiro atoms. The van der Waals surface area contributed by atoms with Crippen molar-refractivity contribution >= 4 is 11.9 Å². The number of aromatic nitrogens is 4. The van der Waals surface area contributed by atoms with E-state index in [4.69, 9.17) is 4.74 Å². The van der Waals surface area contributed by atoms with Crippen molar-refractivity contribution in [3.63, 3.8) is 0 Å². The first-order chi connectivity index (χ1) is 15.4. The van der Waals surface area contributed by atoms with Gasteiger partial charge in [-0.1, -0.05) is 6.07 Å². The van der Waals surface area contributed by atoms with E-state index in [2.05, 4.69) is 10.2 Å². The second-order valence-electron chi connectivity index (χ2n) is 8.54. The van der Waals surface area contributed by atoms with Gasteiger partial charge in [-0.25, -0.2) is 9.89 Å². The van der Waals surface area contributed by atoms with E-state index in [0.717, 1.165) is 12.1 Å². The van der Waals surface area contributed by atoms with Crippen LogP contribution in [0.15, 0.2) is 40.2 Å². The van der Waals surface area contributed by atoms with Gasteiger partial charge in [0, 0.05) is 49.7 Å². The average Bonchev–Trinajstić information content (AvgIpc) is 3.18. The largest absolute Gasteiger partial charge is 0.465 e. The molecule has 2 bridgehead atoms. The van der Waals surface area contributed by atoms with Gasteiger partial charge in [0.05, 0.1) is 12.7 Å². The van der Waals surface area contributed by atoms with Gasteiger partial charge in [-0.3, -0.25) is 14.4 Å². The summed E-state index contributed by atoms with van der Waals surface area (Å²) >= 11 is 0. The van der Waals surface area contributed by atoms with Crippen molar-refractivity contribution < 1.29 is 14.3 Å². The molecule has 1 aromatic heterocycles. The Hall–Kier alpha value is -3.69. The molecule has 0 saturated carbocycles. The molecule has 4 aliphatic rings. The summed E-state index contributed by atoms with van der Waals surface area (Å²) in [6.07, 6.45) is 3.98. The van der Waals surface area contributed by atoms with Crippen LogP contribution in [0.5, 0.6) is 0 Å². The molecule has 1 unspecified atom stereocenters. The number of amides is 1. The summed E-state index contributed by atoms with van der Waals surface area (Å²) in [6, 6.07) is 4.65. The highest BCUT2D eigenvalue weighted by atomic mass is 16.5. The monoisotopic (exact) mass is 437 g/mol. The van der Waals surface area contributed by atoms with Gasteiger partial charge >= 0.3 is 5.97 Å². The second-order valence-corrected chi connectivity index (χ2v) is 8.54. The standard InChI is InChI=1S/C22H23N5O5/c1-12(25-10-15-19(23-24-20(15)29)16(11-25)22(31)32-2)21(30)26-7-13-6-14(9-26)17-4-3-5-18(28)27(17)8-13/h3-5,10-14H,6-9H2,1-2H3,(H,24,29)/t12?,13-,14+/m1/s1. The number of methoxy groups -OCH3 is 1. The number of rotatable bonds is 3. The van der Waals surface area contributed by atoms with E-state index >= 15 is 0 Å². The van der Waals surface area contributed by atoms with Crippen LogP contribution in [0, 0.1) is 5.92 Å². The molecule has 1 aromatic rings. The van der Waals surface area contributed by atoms with Gasteiger partial charge in [-0.15, -0.1) is 0 Å². The molecule has 0 aliphatic carbocycles. The number of carbonyl (C=O) groups is 2. The van der Waals surface area contributed by atoms with Crippen LogP contribution in [0.2, 0.25) is 0 Å². The molecule has 1 N–H and O–H groups in total. The lowest BCUT2D eigenvalue weighted by Gasteiger charge is -2.43. The summed E-state index contributed by atoms with van der Waals surface area (Å²) < 4.78 is 8.22. The van der Waals surface area contributed by atoms with E-state index in [1.54, 1.807) is 23.6 Å². The fraction of sp³-hybridized carbons (Fsp3) is 0.409. The number of fused-ring (bicyclic) bond motifs is 5. The Balaban J connectivity index is 1.46. The van der Waals surface area contributed by atoms with Crippen molar-refractivity contribution in [1.29, 1.82) is 0 Å². The lowest BCUT2D eigenvalue weighted by atomic mass is 9.83. The summed E-state index contributed by atoms with van der Waals surface area (Å²) in [7, 11) is 1.25. The highest BCUT2D eigenvalue weighted by Gasteiger charge is 2.37. The van der Waals surface area contributed by atoms with E-state index in [1.165, 1.54) is 19.5 Å². The van der Waals surface area contributed by atoms with Crippen molar-refractivity contribution in [2.75, 3.05) is 20.2 Å². The Kier molecular flexibility index (Phi) is 4.72. The first-order valence-electron chi connectivity index (χ1n) is 10.5. The van der Waals surface area contributed by atoms with Crippen LogP contribution in [-0.2, 0) is 16.1 Å². The Morgan fingerprint density at radius 3 is 2.78 bits per heavy atom. The van der Waals surface area contributed by atoms with Crippen LogP contribution in [0.25, 0.3) is 11.3 Å². The number of likely N-dealkylation sites (tertiary alicyclic amines) is 1. The fourth-order valence-corrected chi connectivity index (χ4v) is 5.01. The minimum absolute atomic E-state index is 0.00179. The van der Waals surface area contributed by atoms with Gasteiger partial charge in [0.25, 0.3) is 11.1 Å². The van der Waals surface area contributed by atoms with Crippen LogP contribution in [0.3, 0.4) is 0 Å². The van der Waals surface area contributed by atoms with Gasteiger partial charge in [0.2, 0.25) is 5.91 Å². The molecule has 4 aliphatic heterocycles. The third-order valence-corrected chi connectivity index (χ3v) is 6.58. The fourth-order valence-electron chi connectivity index (χ4n) is 5.01. The van der Waals surface area contributed by atoms with E-state index in [1.807, 2.05) is 15.5 Å².